The Morgan fingerprint density at radius 1 is 1.25 bits per heavy atom. The number of ether oxygens (including phenoxy) is 2. The summed E-state index contributed by atoms with van der Waals surface area (Å²) in [6.45, 7) is 10.5. The van der Waals surface area contributed by atoms with Gasteiger partial charge in [-0.3, -0.25) is 4.79 Å². The van der Waals surface area contributed by atoms with Gasteiger partial charge in [-0.1, -0.05) is 6.07 Å². The average Bonchev–Trinajstić information content (AvgIpc) is 2.44. The van der Waals surface area contributed by atoms with Gasteiger partial charge in [0.15, 0.2) is 6.10 Å². The quantitative estimate of drug-likeness (QED) is 0.850. The molecule has 0 N–H and O–H groups in total. The fourth-order valence-electron chi connectivity index (χ4n) is 2.40. The number of hydrogen-bond acceptors (Lipinski definition) is 3. The van der Waals surface area contributed by atoms with Crippen LogP contribution in [0, 0.1) is 20.8 Å². The molecule has 1 aromatic rings. The lowest BCUT2D eigenvalue weighted by Gasteiger charge is -2.29. The highest BCUT2D eigenvalue weighted by Gasteiger charge is 2.24. The van der Waals surface area contributed by atoms with Gasteiger partial charge in [0.2, 0.25) is 0 Å². The summed E-state index contributed by atoms with van der Waals surface area (Å²) >= 11 is 0. The molecule has 20 heavy (non-hydrogen) atoms. The van der Waals surface area contributed by atoms with Gasteiger partial charge in [0.25, 0.3) is 5.91 Å². The van der Waals surface area contributed by atoms with Crippen LogP contribution in [-0.4, -0.2) is 43.2 Å². The number of rotatable bonds is 3. The molecular formula is C16H23NO3. The van der Waals surface area contributed by atoms with Crippen molar-refractivity contribution in [3.05, 3.63) is 28.8 Å². The van der Waals surface area contributed by atoms with Crippen molar-refractivity contribution in [2.45, 2.75) is 33.8 Å². The topological polar surface area (TPSA) is 38.8 Å². The lowest BCUT2D eigenvalue weighted by Crippen LogP contribution is -2.46. The summed E-state index contributed by atoms with van der Waals surface area (Å²) in [6.07, 6.45) is -0.465. The second-order valence-corrected chi connectivity index (χ2v) is 5.40. The number of aryl methyl sites for hydroxylation is 2. The van der Waals surface area contributed by atoms with Crippen LogP contribution in [0.1, 0.15) is 23.6 Å². The van der Waals surface area contributed by atoms with E-state index >= 15 is 0 Å². The first-order valence-electron chi connectivity index (χ1n) is 7.10. The Kier molecular flexibility index (Phi) is 4.65. The molecule has 1 fully saturated rings. The number of amides is 1. The average molecular weight is 277 g/mol. The van der Waals surface area contributed by atoms with Gasteiger partial charge in [0.1, 0.15) is 5.75 Å². The van der Waals surface area contributed by atoms with E-state index < -0.39 is 6.10 Å². The van der Waals surface area contributed by atoms with Crippen molar-refractivity contribution in [1.29, 1.82) is 0 Å². The van der Waals surface area contributed by atoms with Gasteiger partial charge in [-0.2, -0.15) is 0 Å². The molecule has 1 heterocycles. The smallest absolute Gasteiger partial charge is 0.263 e. The Labute approximate surface area is 120 Å². The molecule has 1 saturated heterocycles. The van der Waals surface area contributed by atoms with Crippen LogP contribution in [-0.2, 0) is 9.53 Å². The van der Waals surface area contributed by atoms with Gasteiger partial charge in [-0.15, -0.1) is 0 Å². The van der Waals surface area contributed by atoms with E-state index in [-0.39, 0.29) is 5.91 Å². The van der Waals surface area contributed by atoms with Gasteiger partial charge in [0, 0.05) is 13.1 Å². The molecule has 110 valence electrons. The molecule has 2 rings (SSSR count). The van der Waals surface area contributed by atoms with Gasteiger partial charge < -0.3 is 14.4 Å². The van der Waals surface area contributed by atoms with Crippen LogP contribution in [0.25, 0.3) is 0 Å². The molecule has 0 unspecified atom stereocenters. The van der Waals surface area contributed by atoms with Crippen molar-refractivity contribution >= 4 is 5.91 Å². The second kappa shape index (κ2) is 6.27. The van der Waals surface area contributed by atoms with Crippen molar-refractivity contribution in [2.75, 3.05) is 26.3 Å². The molecule has 0 aromatic heterocycles. The molecule has 0 spiro atoms. The lowest BCUT2D eigenvalue weighted by atomic mass is 10.1. The third-order valence-corrected chi connectivity index (χ3v) is 3.74. The van der Waals surface area contributed by atoms with Crippen LogP contribution in [0.4, 0.5) is 0 Å². The van der Waals surface area contributed by atoms with Gasteiger partial charge in [-0.25, -0.2) is 0 Å². The maximum atomic E-state index is 12.3. The third kappa shape index (κ3) is 3.31. The Hall–Kier alpha value is -1.55. The number of benzene rings is 1. The Morgan fingerprint density at radius 2 is 1.90 bits per heavy atom. The van der Waals surface area contributed by atoms with E-state index in [1.165, 1.54) is 5.56 Å². The summed E-state index contributed by atoms with van der Waals surface area (Å²) in [5.74, 6) is 0.837. The minimum atomic E-state index is -0.465. The zero-order valence-electron chi connectivity index (χ0n) is 12.7. The summed E-state index contributed by atoms with van der Waals surface area (Å²) in [6, 6.07) is 4.11. The summed E-state index contributed by atoms with van der Waals surface area (Å²) in [4.78, 5) is 14.1. The second-order valence-electron chi connectivity index (χ2n) is 5.40. The van der Waals surface area contributed by atoms with Crippen molar-refractivity contribution in [3.63, 3.8) is 0 Å². The summed E-state index contributed by atoms with van der Waals surface area (Å²) in [5.41, 5.74) is 3.43. The standard InChI is InChI=1S/C16H23NO3/c1-11-9-12(2)13(3)15(10-11)20-14(4)16(18)17-5-7-19-8-6-17/h9-10,14H,5-8H2,1-4H3/t14-/m1/s1. The summed E-state index contributed by atoms with van der Waals surface area (Å²) in [5, 5.41) is 0. The molecule has 4 nitrogen and oxygen atoms in total. The normalized spacial score (nSPS) is 16.9. The lowest BCUT2D eigenvalue weighted by molar-refractivity contribution is -0.142. The third-order valence-electron chi connectivity index (χ3n) is 3.74. The number of carbonyl (C=O) groups is 1. The molecule has 0 bridgehead atoms. The van der Waals surface area contributed by atoms with E-state index in [9.17, 15) is 4.79 Å². The van der Waals surface area contributed by atoms with Gasteiger partial charge in [0.05, 0.1) is 13.2 Å². The number of nitrogens with zero attached hydrogens (tertiary/aromatic N) is 1. The molecule has 0 radical (unpaired) electrons. The predicted octanol–water partition coefficient (Wildman–Crippen LogP) is 2.24. The highest BCUT2D eigenvalue weighted by Crippen LogP contribution is 2.24. The largest absolute Gasteiger partial charge is 0.481 e. The van der Waals surface area contributed by atoms with Crippen LogP contribution < -0.4 is 4.74 Å². The van der Waals surface area contributed by atoms with Crippen LogP contribution >= 0.6 is 0 Å². The molecule has 1 amide bonds. The van der Waals surface area contributed by atoms with Crippen LogP contribution in [0.15, 0.2) is 12.1 Å². The monoisotopic (exact) mass is 277 g/mol. The van der Waals surface area contributed by atoms with Crippen LogP contribution in [0.2, 0.25) is 0 Å². The SMILES string of the molecule is Cc1cc(C)c(C)c(O[C@H](C)C(=O)N2CCOCC2)c1. The molecule has 1 atom stereocenters. The fourth-order valence-corrected chi connectivity index (χ4v) is 2.40. The Balaban J connectivity index is 2.07. The molecule has 1 aliphatic heterocycles. The first-order valence-corrected chi connectivity index (χ1v) is 7.10. The fraction of sp³-hybridized carbons (Fsp3) is 0.562. The van der Waals surface area contributed by atoms with E-state index in [1.807, 2.05) is 31.7 Å². The van der Waals surface area contributed by atoms with Crippen molar-refractivity contribution < 1.29 is 14.3 Å². The summed E-state index contributed by atoms with van der Waals surface area (Å²) in [7, 11) is 0. The van der Waals surface area contributed by atoms with E-state index in [2.05, 4.69) is 13.0 Å². The minimum Gasteiger partial charge on any atom is -0.481 e. The van der Waals surface area contributed by atoms with Crippen LogP contribution in [0.3, 0.4) is 0 Å². The zero-order valence-corrected chi connectivity index (χ0v) is 12.7. The number of carbonyl (C=O) groups excluding carboxylic acids is 1. The molecule has 0 aliphatic carbocycles. The zero-order chi connectivity index (χ0) is 14.7. The van der Waals surface area contributed by atoms with E-state index in [0.717, 1.165) is 16.9 Å². The van der Waals surface area contributed by atoms with Crippen molar-refractivity contribution in [3.8, 4) is 5.75 Å². The number of morpholine rings is 1. The Morgan fingerprint density at radius 3 is 2.55 bits per heavy atom. The van der Waals surface area contributed by atoms with Crippen LogP contribution in [0.5, 0.6) is 5.75 Å². The highest BCUT2D eigenvalue weighted by molar-refractivity contribution is 5.81. The van der Waals surface area contributed by atoms with E-state index in [4.69, 9.17) is 9.47 Å². The predicted molar refractivity (Wildman–Crippen MR) is 78.1 cm³/mol. The molecular weight excluding hydrogens is 254 g/mol. The van der Waals surface area contributed by atoms with Crippen molar-refractivity contribution in [2.24, 2.45) is 0 Å². The van der Waals surface area contributed by atoms with Gasteiger partial charge >= 0.3 is 0 Å². The first kappa shape index (κ1) is 14.9. The Bertz CT molecular complexity index is 493. The molecule has 1 aliphatic rings. The maximum Gasteiger partial charge on any atom is 0.263 e. The summed E-state index contributed by atoms with van der Waals surface area (Å²) < 4.78 is 11.2. The number of hydrogen-bond donors (Lipinski definition) is 0. The highest BCUT2D eigenvalue weighted by atomic mass is 16.5. The molecule has 4 heteroatoms. The van der Waals surface area contributed by atoms with Crippen molar-refractivity contribution in [1.82, 2.24) is 4.90 Å². The molecule has 0 saturated carbocycles. The minimum absolute atomic E-state index is 0.0341. The first-order chi connectivity index (χ1) is 9.49. The van der Waals surface area contributed by atoms with E-state index in [0.29, 0.717) is 26.3 Å². The maximum absolute atomic E-state index is 12.3. The molecule has 1 aromatic carbocycles. The van der Waals surface area contributed by atoms with E-state index in [1.54, 1.807) is 0 Å². The van der Waals surface area contributed by atoms with Gasteiger partial charge in [-0.05, 0) is 50.5 Å².